The highest BCUT2D eigenvalue weighted by Crippen LogP contribution is 2.20. The first-order valence-corrected chi connectivity index (χ1v) is 6.36. The molecule has 1 aromatic heterocycles. The molecule has 0 aliphatic carbocycles. The molecule has 6 heteroatoms. The molecule has 2 saturated heterocycles. The molecule has 104 valence electrons. The average Bonchev–Trinajstić information content (AvgIpc) is 2.87. The van der Waals surface area contributed by atoms with Crippen LogP contribution < -0.4 is 5.32 Å². The quantitative estimate of drug-likeness (QED) is 0.918. The summed E-state index contributed by atoms with van der Waals surface area (Å²) in [6.07, 6.45) is 7.96. The minimum Gasteiger partial charge on any atom is -0.310 e. The molecule has 1 N–H and O–H groups in total. The molecule has 2 aliphatic heterocycles. The van der Waals surface area contributed by atoms with Crippen LogP contribution in [0.15, 0.2) is 18.5 Å². The van der Waals surface area contributed by atoms with E-state index in [1.54, 1.807) is 0 Å². The number of nitrogens with zero attached hydrogens (tertiary/aromatic N) is 3. The van der Waals surface area contributed by atoms with Crippen LogP contribution in [0.2, 0.25) is 0 Å². The van der Waals surface area contributed by atoms with Gasteiger partial charge in [-0.1, -0.05) is 0 Å². The number of likely N-dealkylation sites (tertiary alicyclic amines) is 1. The van der Waals surface area contributed by atoms with Gasteiger partial charge < -0.3 is 5.32 Å². The fourth-order valence-electron chi connectivity index (χ4n) is 2.90. The highest BCUT2D eigenvalue weighted by molar-refractivity contribution is 5.85. The van der Waals surface area contributed by atoms with E-state index in [-0.39, 0.29) is 24.8 Å². The average molecular weight is 293 g/mol. The van der Waals surface area contributed by atoms with Crippen molar-refractivity contribution in [3.8, 4) is 0 Å². The van der Waals surface area contributed by atoms with Crippen LogP contribution in [-0.2, 0) is 6.54 Å². The minimum absolute atomic E-state index is 0. The van der Waals surface area contributed by atoms with Gasteiger partial charge in [0.25, 0.3) is 0 Å². The van der Waals surface area contributed by atoms with Gasteiger partial charge in [-0.25, -0.2) is 0 Å². The van der Waals surface area contributed by atoms with Crippen LogP contribution in [0.25, 0.3) is 0 Å². The molecule has 0 aromatic carbocycles. The van der Waals surface area contributed by atoms with E-state index >= 15 is 0 Å². The molecular formula is C12H22Cl2N4. The topological polar surface area (TPSA) is 33.1 Å². The fourth-order valence-corrected chi connectivity index (χ4v) is 2.90. The molecule has 2 unspecified atom stereocenters. The number of nitrogens with one attached hydrogen (secondary N) is 1. The Morgan fingerprint density at radius 3 is 2.72 bits per heavy atom. The SMILES string of the molecule is Cl.Cl.c1cnn(CCN2CCC3CCC(C2)N3)c1. The first-order chi connectivity index (χ1) is 7.90. The molecule has 4 nitrogen and oxygen atoms in total. The predicted molar refractivity (Wildman–Crippen MR) is 77.7 cm³/mol. The number of aromatic nitrogens is 2. The van der Waals surface area contributed by atoms with Gasteiger partial charge in [0.2, 0.25) is 0 Å². The number of rotatable bonds is 3. The van der Waals surface area contributed by atoms with Gasteiger partial charge in [-0.05, 0) is 31.9 Å². The lowest BCUT2D eigenvalue weighted by Crippen LogP contribution is -2.36. The van der Waals surface area contributed by atoms with Crippen LogP contribution in [0.4, 0.5) is 0 Å². The van der Waals surface area contributed by atoms with E-state index in [4.69, 9.17) is 0 Å². The minimum atomic E-state index is 0. The van der Waals surface area contributed by atoms with Crippen molar-refractivity contribution >= 4 is 24.8 Å². The molecule has 0 radical (unpaired) electrons. The maximum atomic E-state index is 4.25. The zero-order valence-electron chi connectivity index (χ0n) is 10.5. The van der Waals surface area contributed by atoms with Crippen molar-refractivity contribution in [1.29, 1.82) is 0 Å². The molecule has 0 spiro atoms. The Balaban J connectivity index is 0.000000810. The number of hydrogen-bond acceptors (Lipinski definition) is 3. The highest BCUT2D eigenvalue weighted by Gasteiger charge is 2.28. The van der Waals surface area contributed by atoms with Gasteiger partial charge in [0.05, 0.1) is 6.54 Å². The van der Waals surface area contributed by atoms with E-state index in [9.17, 15) is 0 Å². The van der Waals surface area contributed by atoms with E-state index < -0.39 is 0 Å². The summed E-state index contributed by atoms with van der Waals surface area (Å²) in [5.74, 6) is 0. The van der Waals surface area contributed by atoms with Gasteiger partial charge in [-0.2, -0.15) is 5.10 Å². The van der Waals surface area contributed by atoms with E-state index in [1.807, 2.05) is 23.1 Å². The maximum Gasteiger partial charge on any atom is 0.0536 e. The highest BCUT2D eigenvalue weighted by atomic mass is 35.5. The van der Waals surface area contributed by atoms with Crippen molar-refractivity contribution in [1.82, 2.24) is 20.0 Å². The smallest absolute Gasteiger partial charge is 0.0536 e. The van der Waals surface area contributed by atoms with Crippen molar-refractivity contribution in [3.05, 3.63) is 18.5 Å². The van der Waals surface area contributed by atoms with Gasteiger partial charge in [0, 0.05) is 37.6 Å². The van der Waals surface area contributed by atoms with E-state index in [2.05, 4.69) is 15.3 Å². The van der Waals surface area contributed by atoms with Crippen LogP contribution >= 0.6 is 24.8 Å². The second kappa shape index (κ2) is 7.34. The summed E-state index contributed by atoms with van der Waals surface area (Å²) < 4.78 is 2.02. The number of halogens is 2. The standard InChI is InChI=1S/C12H20N4.2ClH/c1-5-13-16(6-1)9-8-15-7-4-11-2-3-12(10-15)14-11;;/h1,5-6,11-12,14H,2-4,7-10H2;2*1H. The fraction of sp³-hybridized carbons (Fsp3) is 0.750. The van der Waals surface area contributed by atoms with Crippen LogP contribution in [0.1, 0.15) is 19.3 Å². The number of fused-ring (bicyclic) bond motifs is 2. The van der Waals surface area contributed by atoms with E-state index in [0.29, 0.717) is 0 Å². The summed E-state index contributed by atoms with van der Waals surface area (Å²) in [5.41, 5.74) is 0. The molecule has 0 saturated carbocycles. The van der Waals surface area contributed by atoms with E-state index in [1.165, 1.54) is 32.4 Å². The van der Waals surface area contributed by atoms with Crippen molar-refractivity contribution in [2.75, 3.05) is 19.6 Å². The van der Waals surface area contributed by atoms with Crippen LogP contribution in [0.3, 0.4) is 0 Å². The lowest BCUT2D eigenvalue weighted by atomic mass is 10.1. The second-order valence-electron chi connectivity index (χ2n) is 5.00. The first-order valence-electron chi connectivity index (χ1n) is 6.36. The molecule has 0 amide bonds. The summed E-state index contributed by atoms with van der Waals surface area (Å²) >= 11 is 0. The Kier molecular flexibility index (Phi) is 6.43. The first kappa shape index (κ1) is 15.8. The summed E-state index contributed by atoms with van der Waals surface area (Å²) in [6.45, 7) is 4.62. The summed E-state index contributed by atoms with van der Waals surface area (Å²) in [4.78, 5) is 2.58. The molecule has 1 aromatic rings. The van der Waals surface area contributed by atoms with Gasteiger partial charge in [-0.3, -0.25) is 9.58 Å². The zero-order valence-corrected chi connectivity index (χ0v) is 12.1. The predicted octanol–water partition coefficient (Wildman–Crippen LogP) is 1.55. The normalized spacial score (nSPS) is 27.1. The Bertz CT molecular complexity index is 331. The molecule has 2 bridgehead atoms. The largest absolute Gasteiger partial charge is 0.310 e. The summed E-state index contributed by atoms with van der Waals surface area (Å²) in [6, 6.07) is 3.52. The van der Waals surface area contributed by atoms with Crippen molar-refractivity contribution < 1.29 is 0 Å². The van der Waals surface area contributed by atoms with Gasteiger partial charge in [0.1, 0.15) is 0 Å². The second-order valence-corrected chi connectivity index (χ2v) is 5.00. The van der Waals surface area contributed by atoms with Gasteiger partial charge in [-0.15, -0.1) is 24.8 Å². The molecule has 3 rings (SSSR count). The zero-order chi connectivity index (χ0) is 10.8. The third kappa shape index (κ3) is 3.85. The van der Waals surface area contributed by atoms with Crippen LogP contribution in [0.5, 0.6) is 0 Å². The van der Waals surface area contributed by atoms with Gasteiger partial charge in [0.15, 0.2) is 0 Å². The summed E-state index contributed by atoms with van der Waals surface area (Å²) in [7, 11) is 0. The monoisotopic (exact) mass is 292 g/mol. The maximum absolute atomic E-state index is 4.25. The Hall–Kier alpha value is -0.290. The molecule has 2 aliphatic rings. The lowest BCUT2D eigenvalue weighted by Gasteiger charge is -2.23. The molecular weight excluding hydrogens is 271 g/mol. The Morgan fingerprint density at radius 1 is 1.11 bits per heavy atom. The lowest BCUT2D eigenvalue weighted by molar-refractivity contribution is 0.245. The third-order valence-corrected chi connectivity index (χ3v) is 3.81. The van der Waals surface area contributed by atoms with E-state index in [0.717, 1.165) is 25.2 Å². The molecule has 2 fully saturated rings. The number of hydrogen-bond donors (Lipinski definition) is 1. The Morgan fingerprint density at radius 2 is 1.94 bits per heavy atom. The Labute approximate surface area is 121 Å². The van der Waals surface area contributed by atoms with Crippen LogP contribution in [-0.4, -0.2) is 46.4 Å². The summed E-state index contributed by atoms with van der Waals surface area (Å²) in [5, 5.41) is 7.96. The molecule has 2 atom stereocenters. The van der Waals surface area contributed by atoms with Crippen molar-refractivity contribution in [2.24, 2.45) is 0 Å². The van der Waals surface area contributed by atoms with Crippen LogP contribution in [0, 0.1) is 0 Å². The molecule has 3 heterocycles. The van der Waals surface area contributed by atoms with Gasteiger partial charge >= 0.3 is 0 Å². The van der Waals surface area contributed by atoms with Crippen molar-refractivity contribution in [2.45, 2.75) is 37.9 Å². The van der Waals surface area contributed by atoms with Crippen molar-refractivity contribution in [3.63, 3.8) is 0 Å². The third-order valence-electron chi connectivity index (χ3n) is 3.81. The molecule has 18 heavy (non-hydrogen) atoms.